The summed E-state index contributed by atoms with van der Waals surface area (Å²) in [5, 5.41) is 36.5. The van der Waals surface area contributed by atoms with Crippen LogP contribution in [0.25, 0.3) is 0 Å². The molecule has 2 amide bonds. The summed E-state index contributed by atoms with van der Waals surface area (Å²) >= 11 is 0. The molecule has 1 saturated heterocycles. The van der Waals surface area contributed by atoms with Gasteiger partial charge >= 0.3 is 0 Å². The maximum absolute atomic E-state index is 12.6. The van der Waals surface area contributed by atoms with Gasteiger partial charge in [-0.25, -0.2) is 0 Å². The molecule has 0 radical (unpaired) electrons. The molecule has 5 atom stereocenters. The van der Waals surface area contributed by atoms with E-state index >= 15 is 0 Å². The highest BCUT2D eigenvalue weighted by Crippen LogP contribution is 2.23. The zero-order valence-electron chi connectivity index (χ0n) is 26.5. The van der Waals surface area contributed by atoms with Crippen LogP contribution < -0.4 is 10.6 Å². The van der Waals surface area contributed by atoms with Gasteiger partial charge in [0.25, 0.3) is 11.8 Å². The predicted molar refractivity (Wildman–Crippen MR) is 161 cm³/mol. The largest absolute Gasteiger partial charge is 0.387 e. The first-order valence-electron chi connectivity index (χ1n) is 16.2. The fourth-order valence-corrected chi connectivity index (χ4v) is 4.98. The molecule has 41 heavy (non-hydrogen) atoms. The molecule has 0 saturated carbocycles. The van der Waals surface area contributed by atoms with E-state index in [0.29, 0.717) is 24.2 Å². The van der Waals surface area contributed by atoms with Gasteiger partial charge in [-0.2, -0.15) is 0 Å². The average Bonchev–Trinajstić information content (AvgIpc) is 2.91. The Kier molecular flexibility index (Phi) is 20.5. The molecule has 1 fully saturated rings. The van der Waals surface area contributed by atoms with Gasteiger partial charge < -0.3 is 39.9 Å². The van der Waals surface area contributed by atoms with Crippen molar-refractivity contribution in [2.45, 2.75) is 140 Å². The van der Waals surface area contributed by atoms with Crippen LogP contribution in [-0.2, 0) is 19.1 Å². The van der Waals surface area contributed by atoms with Crippen molar-refractivity contribution in [3.8, 4) is 0 Å². The Bertz CT molecular complexity index is 689. The number of hydrogen-bond acceptors (Lipinski definition) is 7. The first-order chi connectivity index (χ1) is 19.6. The van der Waals surface area contributed by atoms with Crippen LogP contribution >= 0.6 is 0 Å². The fourth-order valence-electron chi connectivity index (χ4n) is 4.98. The smallest absolute Gasteiger partial charge is 0.275 e. The van der Waals surface area contributed by atoms with Crippen molar-refractivity contribution < 1.29 is 38.9 Å². The van der Waals surface area contributed by atoms with Crippen molar-refractivity contribution in [2.24, 2.45) is 0 Å². The molecule has 1 heterocycles. The van der Waals surface area contributed by atoms with Crippen molar-refractivity contribution >= 4 is 11.8 Å². The molecule has 0 aliphatic carbocycles. The number of aliphatic hydroxyl groups is 3. The molecule has 1 aliphatic heterocycles. The molecular weight excluding hydrogens is 526 g/mol. The van der Waals surface area contributed by atoms with Crippen LogP contribution in [0.3, 0.4) is 0 Å². The minimum atomic E-state index is -1.51. The number of nitrogens with zero attached hydrogens (tertiary/aromatic N) is 1. The Balaban J connectivity index is 2.06. The van der Waals surface area contributed by atoms with Crippen molar-refractivity contribution in [1.29, 1.82) is 0 Å². The lowest BCUT2D eigenvalue weighted by Crippen LogP contribution is -2.62. The van der Waals surface area contributed by atoms with E-state index in [4.69, 9.17) is 9.47 Å². The minimum absolute atomic E-state index is 0.118. The van der Waals surface area contributed by atoms with Crippen LogP contribution in [0.5, 0.6) is 0 Å². The number of likely N-dealkylation sites (N-methyl/N-ethyl adjacent to an activating group) is 1. The van der Waals surface area contributed by atoms with Crippen LogP contribution in [0.15, 0.2) is 0 Å². The molecule has 242 valence electrons. The third-order valence-electron chi connectivity index (χ3n) is 7.45. The molecule has 0 aromatic rings. The number of nitrogens with one attached hydrogen (secondary N) is 2. The number of rotatable bonds is 24. The summed E-state index contributed by atoms with van der Waals surface area (Å²) in [5.74, 6) is -0.377. The summed E-state index contributed by atoms with van der Waals surface area (Å²) < 4.78 is 11.8. The van der Waals surface area contributed by atoms with Gasteiger partial charge in [-0.1, -0.05) is 90.4 Å². The summed E-state index contributed by atoms with van der Waals surface area (Å²) in [6.07, 6.45) is 10.8. The first-order valence-corrected chi connectivity index (χ1v) is 16.2. The second-order valence-corrected chi connectivity index (χ2v) is 12.7. The minimum Gasteiger partial charge on any atom is -0.387 e. The van der Waals surface area contributed by atoms with Gasteiger partial charge in [-0.15, -0.1) is 0 Å². The number of quaternary nitrogens is 1. The number of carbonyl (C=O) groups excluding carboxylic acids is 2. The van der Waals surface area contributed by atoms with E-state index in [0.717, 1.165) is 57.9 Å². The topological polar surface area (TPSA) is 137 Å². The highest BCUT2D eigenvalue weighted by molar-refractivity contribution is 5.81. The third kappa shape index (κ3) is 18.1. The highest BCUT2D eigenvalue weighted by atomic mass is 16.7. The number of ether oxygens (including phenoxy) is 2. The van der Waals surface area contributed by atoms with Gasteiger partial charge in [-0.3, -0.25) is 9.59 Å². The molecule has 5 N–H and O–H groups in total. The Morgan fingerprint density at radius 1 is 0.683 bits per heavy atom. The van der Waals surface area contributed by atoms with Crippen molar-refractivity contribution in [3.63, 3.8) is 0 Å². The molecule has 10 nitrogen and oxygen atoms in total. The Hall–Kier alpha value is -1.30. The zero-order chi connectivity index (χ0) is 30.5. The zero-order valence-corrected chi connectivity index (χ0v) is 26.5. The van der Waals surface area contributed by atoms with Gasteiger partial charge in [0.2, 0.25) is 0 Å². The van der Waals surface area contributed by atoms with Crippen LogP contribution in [0, 0.1) is 0 Å². The lowest BCUT2D eigenvalue weighted by molar-refractivity contribution is -0.862. The molecule has 1 rings (SSSR count). The summed E-state index contributed by atoms with van der Waals surface area (Å²) in [7, 11) is 6.04. The van der Waals surface area contributed by atoms with E-state index in [2.05, 4.69) is 17.6 Å². The highest BCUT2D eigenvalue weighted by Gasteiger charge is 2.47. The summed E-state index contributed by atoms with van der Waals surface area (Å²) in [4.78, 5) is 24.4. The maximum Gasteiger partial charge on any atom is 0.275 e. The normalized spacial score (nSPS) is 23.0. The Morgan fingerprint density at radius 3 is 1.71 bits per heavy atom. The molecule has 0 aromatic heterocycles. The third-order valence-corrected chi connectivity index (χ3v) is 7.45. The Morgan fingerprint density at radius 2 is 1.17 bits per heavy atom. The van der Waals surface area contributed by atoms with E-state index in [1.165, 1.54) is 51.4 Å². The summed E-state index contributed by atoms with van der Waals surface area (Å²) in [6, 6.07) is 0. The molecular formula is C31H62N3O7+. The number of carbonyl (C=O) groups is 2. The lowest BCUT2D eigenvalue weighted by Gasteiger charge is -2.39. The second-order valence-electron chi connectivity index (χ2n) is 12.7. The molecule has 0 bridgehead atoms. The predicted octanol–water partition coefficient (Wildman–Crippen LogP) is 3.01. The van der Waals surface area contributed by atoms with Crippen molar-refractivity contribution in [1.82, 2.24) is 10.6 Å². The standard InChI is InChI=1S/C31H61N3O7/c1-5-6-7-8-17-20-23-40-31-28(38)26(36)27(37)29(41-31)30(39)33-22-19-16-14-12-10-9-11-13-15-18-21-32-25(35)24-34(2,3)4/h26-29,31,36-38H,5-24H2,1-4H3,(H-,32,33,35,39)/p+1/t26-,27-,28-,29-,31-/m0/s1. The number of amides is 2. The van der Waals surface area contributed by atoms with Crippen LogP contribution in [0.2, 0.25) is 0 Å². The molecule has 1 aliphatic rings. The van der Waals surface area contributed by atoms with Gasteiger partial charge in [0.05, 0.1) is 21.1 Å². The van der Waals surface area contributed by atoms with Gasteiger partial charge in [0, 0.05) is 19.7 Å². The SMILES string of the molecule is CCCCCCCCO[C@H]1O[C@H](C(=O)NCCCCCCCCCCCCNC(=O)C[N+](C)(C)C)[C@@H](O)[C@H](O)[C@@H]1O. The molecule has 0 unspecified atom stereocenters. The number of aliphatic hydroxyl groups excluding tert-OH is 3. The lowest BCUT2D eigenvalue weighted by atomic mass is 9.98. The van der Waals surface area contributed by atoms with E-state index in [-0.39, 0.29) is 5.91 Å². The summed E-state index contributed by atoms with van der Waals surface area (Å²) in [5.41, 5.74) is 0. The number of unbranched alkanes of at least 4 members (excludes halogenated alkanes) is 14. The van der Waals surface area contributed by atoms with E-state index in [9.17, 15) is 24.9 Å². The second kappa shape index (κ2) is 22.3. The van der Waals surface area contributed by atoms with Crippen molar-refractivity contribution in [3.05, 3.63) is 0 Å². The van der Waals surface area contributed by atoms with Crippen LogP contribution in [0.4, 0.5) is 0 Å². The first kappa shape index (κ1) is 37.7. The van der Waals surface area contributed by atoms with E-state index in [1.807, 2.05) is 21.1 Å². The van der Waals surface area contributed by atoms with Crippen LogP contribution in [-0.4, -0.2) is 110 Å². The monoisotopic (exact) mass is 588 g/mol. The van der Waals surface area contributed by atoms with E-state index < -0.39 is 36.6 Å². The van der Waals surface area contributed by atoms with Crippen molar-refractivity contribution in [2.75, 3.05) is 47.4 Å². The fraction of sp³-hybridized carbons (Fsp3) is 0.935. The Labute approximate surface area is 249 Å². The summed E-state index contributed by atoms with van der Waals surface area (Å²) in [6.45, 7) is 4.27. The van der Waals surface area contributed by atoms with Gasteiger partial charge in [-0.05, 0) is 19.3 Å². The molecule has 0 aromatic carbocycles. The quantitative estimate of drug-likeness (QED) is 0.0864. The number of hydrogen-bond donors (Lipinski definition) is 5. The van der Waals surface area contributed by atoms with Gasteiger partial charge in [0.1, 0.15) is 18.3 Å². The maximum atomic E-state index is 12.6. The van der Waals surface area contributed by atoms with Crippen LogP contribution in [0.1, 0.15) is 110 Å². The molecule has 10 heteroatoms. The molecule has 0 spiro atoms. The van der Waals surface area contributed by atoms with E-state index in [1.54, 1.807) is 0 Å². The average molecular weight is 589 g/mol. The van der Waals surface area contributed by atoms with Gasteiger partial charge in [0.15, 0.2) is 18.9 Å².